The van der Waals surface area contributed by atoms with Gasteiger partial charge in [-0.25, -0.2) is 4.98 Å². The lowest BCUT2D eigenvalue weighted by atomic mass is 10.1. The Morgan fingerprint density at radius 3 is 2.57 bits per heavy atom. The number of hydrogen-bond donors (Lipinski definition) is 1. The molecular formula is C21H16ClN3O3. The topological polar surface area (TPSA) is 77.1 Å². The van der Waals surface area contributed by atoms with Crippen LogP contribution in [0.15, 0.2) is 70.1 Å². The van der Waals surface area contributed by atoms with E-state index in [0.29, 0.717) is 23.0 Å². The van der Waals surface area contributed by atoms with Crippen molar-refractivity contribution in [1.29, 1.82) is 0 Å². The number of halogens is 1. The van der Waals surface area contributed by atoms with Gasteiger partial charge in [0.2, 0.25) is 5.71 Å². The number of amides is 1. The van der Waals surface area contributed by atoms with Crippen LogP contribution in [-0.4, -0.2) is 15.5 Å². The van der Waals surface area contributed by atoms with Crippen molar-refractivity contribution in [1.82, 2.24) is 9.55 Å². The molecular weight excluding hydrogens is 378 g/mol. The molecule has 0 unspecified atom stereocenters. The lowest BCUT2D eigenvalue weighted by Gasteiger charge is -2.07. The number of hydrogen-bond acceptors (Lipinski definition) is 4. The monoisotopic (exact) mass is 393 g/mol. The molecule has 0 saturated heterocycles. The van der Waals surface area contributed by atoms with Crippen LogP contribution in [0.25, 0.3) is 11.1 Å². The molecule has 0 aliphatic carbocycles. The number of carbonyl (C=O) groups excluding carboxylic acids is 1. The molecule has 1 N–H and O–H groups in total. The minimum absolute atomic E-state index is 0.146. The van der Waals surface area contributed by atoms with E-state index < -0.39 is 5.91 Å². The molecule has 0 radical (unpaired) electrons. The van der Waals surface area contributed by atoms with Crippen LogP contribution >= 0.6 is 11.6 Å². The van der Waals surface area contributed by atoms with E-state index in [1.807, 2.05) is 30.3 Å². The Balaban J connectivity index is 1.74. The second kappa shape index (κ2) is 7.32. The fraction of sp³-hybridized carbons (Fsp3) is 0.0952. The quantitative estimate of drug-likeness (QED) is 0.562. The summed E-state index contributed by atoms with van der Waals surface area (Å²) >= 11 is 5.88. The fourth-order valence-corrected chi connectivity index (χ4v) is 3.16. The SMILES string of the molecule is Cc1oc2ncn(Cc3ccccc3)c(=O)c2c1C(=O)Nc1ccc(Cl)cc1. The minimum Gasteiger partial charge on any atom is -0.442 e. The molecule has 0 aliphatic heterocycles. The largest absolute Gasteiger partial charge is 0.442 e. The summed E-state index contributed by atoms with van der Waals surface area (Å²) in [6, 6.07) is 16.3. The van der Waals surface area contributed by atoms with Crippen molar-refractivity contribution < 1.29 is 9.21 Å². The summed E-state index contributed by atoms with van der Waals surface area (Å²) in [6.45, 7) is 1.99. The maximum atomic E-state index is 13.0. The van der Waals surface area contributed by atoms with E-state index in [4.69, 9.17) is 16.0 Å². The number of aryl methyl sites for hydroxylation is 1. The van der Waals surface area contributed by atoms with Crippen LogP contribution in [0.1, 0.15) is 21.7 Å². The summed E-state index contributed by atoms with van der Waals surface area (Å²) in [7, 11) is 0. The zero-order valence-corrected chi connectivity index (χ0v) is 15.7. The Hall–Kier alpha value is -3.38. The number of carbonyl (C=O) groups is 1. The number of benzene rings is 2. The van der Waals surface area contributed by atoms with Gasteiger partial charge in [0.1, 0.15) is 17.5 Å². The highest BCUT2D eigenvalue weighted by Crippen LogP contribution is 2.23. The molecule has 0 atom stereocenters. The van der Waals surface area contributed by atoms with Gasteiger partial charge in [-0.2, -0.15) is 0 Å². The summed E-state index contributed by atoms with van der Waals surface area (Å²) in [5.41, 5.74) is 1.53. The number of nitrogens with zero attached hydrogens (tertiary/aromatic N) is 2. The lowest BCUT2D eigenvalue weighted by molar-refractivity contribution is 0.102. The van der Waals surface area contributed by atoms with E-state index >= 15 is 0 Å². The van der Waals surface area contributed by atoms with Gasteiger partial charge in [-0.15, -0.1) is 0 Å². The molecule has 0 bridgehead atoms. The number of aromatic nitrogens is 2. The maximum absolute atomic E-state index is 13.0. The van der Waals surface area contributed by atoms with Gasteiger partial charge < -0.3 is 9.73 Å². The standard InChI is InChI=1S/C21H16ClN3O3/c1-13-17(19(26)24-16-9-7-15(22)8-10-16)18-20(28-13)23-12-25(21(18)27)11-14-5-3-2-4-6-14/h2-10,12H,11H2,1H3,(H,24,26). The zero-order chi connectivity index (χ0) is 19.7. The van der Waals surface area contributed by atoms with E-state index in [1.54, 1.807) is 31.2 Å². The van der Waals surface area contributed by atoms with Crippen molar-refractivity contribution in [3.63, 3.8) is 0 Å². The van der Waals surface area contributed by atoms with Crippen LogP contribution < -0.4 is 10.9 Å². The molecule has 140 valence electrons. The van der Waals surface area contributed by atoms with Crippen molar-refractivity contribution in [2.24, 2.45) is 0 Å². The smallest absolute Gasteiger partial charge is 0.265 e. The van der Waals surface area contributed by atoms with Gasteiger partial charge in [0, 0.05) is 10.7 Å². The van der Waals surface area contributed by atoms with E-state index in [2.05, 4.69) is 10.3 Å². The molecule has 2 aromatic heterocycles. The zero-order valence-electron chi connectivity index (χ0n) is 15.0. The number of nitrogens with one attached hydrogen (secondary N) is 1. The van der Waals surface area contributed by atoms with Gasteiger partial charge in [0.05, 0.1) is 12.1 Å². The first-order valence-electron chi connectivity index (χ1n) is 8.62. The Morgan fingerprint density at radius 2 is 1.86 bits per heavy atom. The molecule has 2 heterocycles. The van der Waals surface area contributed by atoms with Crippen molar-refractivity contribution in [3.8, 4) is 0 Å². The van der Waals surface area contributed by atoms with Gasteiger partial charge in [0.25, 0.3) is 11.5 Å². The van der Waals surface area contributed by atoms with Crippen LogP contribution in [0.4, 0.5) is 5.69 Å². The summed E-state index contributed by atoms with van der Waals surface area (Å²) in [5, 5.41) is 3.50. The summed E-state index contributed by atoms with van der Waals surface area (Å²) in [5.74, 6) is -0.0986. The summed E-state index contributed by atoms with van der Waals surface area (Å²) in [4.78, 5) is 30.1. The third-order valence-electron chi connectivity index (χ3n) is 4.38. The summed E-state index contributed by atoms with van der Waals surface area (Å²) < 4.78 is 7.02. The predicted octanol–water partition coefficient (Wildman–Crippen LogP) is 4.25. The Morgan fingerprint density at radius 1 is 1.14 bits per heavy atom. The Bertz CT molecular complexity index is 1210. The van der Waals surface area contributed by atoms with E-state index in [1.165, 1.54) is 10.9 Å². The lowest BCUT2D eigenvalue weighted by Crippen LogP contribution is -2.23. The normalized spacial score (nSPS) is 10.9. The average molecular weight is 394 g/mol. The van der Waals surface area contributed by atoms with Gasteiger partial charge in [0.15, 0.2) is 0 Å². The van der Waals surface area contributed by atoms with Crippen molar-refractivity contribution in [2.45, 2.75) is 13.5 Å². The highest BCUT2D eigenvalue weighted by atomic mass is 35.5. The third-order valence-corrected chi connectivity index (χ3v) is 4.63. The Labute approximate surface area is 165 Å². The van der Waals surface area contributed by atoms with Crippen LogP contribution in [-0.2, 0) is 6.54 Å². The van der Waals surface area contributed by atoms with Crippen LogP contribution in [0.2, 0.25) is 5.02 Å². The van der Waals surface area contributed by atoms with Gasteiger partial charge in [-0.1, -0.05) is 41.9 Å². The second-order valence-electron chi connectivity index (χ2n) is 6.34. The van der Waals surface area contributed by atoms with Crippen molar-refractivity contribution >= 4 is 34.3 Å². The molecule has 2 aromatic carbocycles. The van der Waals surface area contributed by atoms with Crippen molar-refractivity contribution in [2.75, 3.05) is 5.32 Å². The number of rotatable bonds is 4. The summed E-state index contributed by atoms with van der Waals surface area (Å²) in [6.07, 6.45) is 1.43. The van der Waals surface area contributed by atoms with Gasteiger partial charge in [-0.3, -0.25) is 14.2 Å². The van der Waals surface area contributed by atoms with Crippen LogP contribution in [0, 0.1) is 6.92 Å². The molecule has 7 heteroatoms. The van der Waals surface area contributed by atoms with E-state index in [9.17, 15) is 9.59 Å². The molecule has 4 aromatic rings. The fourth-order valence-electron chi connectivity index (χ4n) is 3.03. The van der Waals surface area contributed by atoms with E-state index in [0.717, 1.165) is 5.56 Å². The molecule has 6 nitrogen and oxygen atoms in total. The van der Waals surface area contributed by atoms with Crippen LogP contribution in [0.3, 0.4) is 0 Å². The molecule has 0 saturated carbocycles. The Kier molecular flexibility index (Phi) is 4.71. The van der Waals surface area contributed by atoms with Gasteiger partial charge in [-0.05, 0) is 36.8 Å². The number of fused-ring (bicyclic) bond motifs is 1. The first-order chi connectivity index (χ1) is 13.5. The third kappa shape index (κ3) is 3.42. The molecule has 28 heavy (non-hydrogen) atoms. The van der Waals surface area contributed by atoms with E-state index in [-0.39, 0.29) is 22.2 Å². The number of furan rings is 1. The highest BCUT2D eigenvalue weighted by Gasteiger charge is 2.23. The number of anilines is 1. The molecule has 0 spiro atoms. The average Bonchev–Trinajstić information content (AvgIpc) is 3.03. The maximum Gasteiger partial charge on any atom is 0.265 e. The second-order valence-corrected chi connectivity index (χ2v) is 6.77. The first-order valence-corrected chi connectivity index (χ1v) is 9.00. The highest BCUT2D eigenvalue weighted by molar-refractivity contribution is 6.30. The molecule has 0 fully saturated rings. The predicted molar refractivity (Wildman–Crippen MR) is 108 cm³/mol. The minimum atomic E-state index is -0.435. The molecule has 1 amide bonds. The van der Waals surface area contributed by atoms with Crippen molar-refractivity contribution in [3.05, 3.63) is 93.2 Å². The van der Waals surface area contributed by atoms with Crippen LogP contribution in [0.5, 0.6) is 0 Å². The first kappa shape index (κ1) is 18.0. The molecule has 0 aliphatic rings. The van der Waals surface area contributed by atoms with Gasteiger partial charge >= 0.3 is 0 Å². The molecule has 4 rings (SSSR count).